The van der Waals surface area contributed by atoms with E-state index in [2.05, 4.69) is 66.7 Å². The molecule has 0 bridgehead atoms. The number of allylic oxidation sites excluding steroid dienone is 4. The Bertz CT molecular complexity index is 699. The minimum Gasteiger partial charge on any atom is -0.393 e. The van der Waals surface area contributed by atoms with Crippen LogP contribution >= 0.6 is 0 Å². The van der Waals surface area contributed by atoms with E-state index in [4.69, 9.17) is 0 Å². The van der Waals surface area contributed by atoms with Gasteiger partial charge in [-0.25, -0.2) is 0 Å². The molecule has 0 aromatic heterocycles. The fourth-order valence-electron chi connectivity index (χ4n) is 9.15. The lowest BCUT2D eigenvalue weighted by Gasteiger charge is -2.59. The summed E-state index contributed by atoms with van der Waals surface area (Å²) in [5, 5.41) is 11.3. The van der Waals surface area contributed by atoms with E-state index < -0.39 is 0 Å². The van der Waals surface area contributed by atoms with E-state index in [-0.39, 0.29) is 11.5 Å². The summed E-state index contributed by atoms with van der Waals surface area (Å²) in [6, 6.07) is 0. The van der Waals surface area contributed by atoms with Gasteiger partial charge in [0.05, 0.1) is 6.10 Å². The third-order valence-electron chi connectivity index (χ3n) is 10.4. The molecule has 1 nitrogen and oxygen atoms in total. The van der Waals surface area contributed by atoms with E-state index >= 15 is 0 Å². The topological polar surface area (TPSA) is 20.2 Å². The molecule has 2 fully saturated rings. The quantitative estimate of drug-likeness (QED) is 0.457. The molecule has 1 N–H and O–H groups in total. The van der Waals surface area contributed by atoms with Gasteiger partial charge in [0.15, 0.2) is 0 Å². The van der Waals surface area contributed by atoms with E-state index in [1.165, 1.54) is 44.9 Å². The van der Waals surface area contributed by atoms with Gasteiger partial charge >= 0.3 is 0 Å². The van der Waals surface area contributed by atoms with Gasteiger partial charge in [-0.15, -0.1) is 0 Å². The molecule has 4 rings (SSSR count). The summed E-state index contributed by atoms with van der Waals surface area (Å²) in [7, 11) is 0. The van der Waals surface area contributed by atoms with Crippen LogP contribution in [0.3, 0.4) is 0 Å². The first-order valence-electron chi connectivity index (χ1n) is 13.1. The molecule has 8 atom stereocenters. The fourth-order valence-corrected chi connectivity index (χ4v) is 9.15. The Labute approximate surface area is 186 Å². The first-order chi connectivity index (χ1) is 14.0. The van der Waals surface area contributed by atoms with Crippen molar-refractivity contribution < 1.29 is 5.11 Å². The summed E-state index contributed by atoms with van der Waals surface area (Å²) in [5.74, 6) is 4.20. The van der Waals surface area contributed by atoms with E-state index in [0.717, 1.165) is 24.2 Å². The second-order valence-corrected chi connectivity index (χ2v) is 13.2. The molecular weight excluding hydrogens is 364 g/mol. The molecule has 30 heavy (non-hydrogen) atoms. The minimum atomic E-state index is -0.0892. The van der Waals surface area contributed by atoms with Crippen LogP contribution in [0.15, 0.2) is 23.8 Å². The Balaban J connectivity index is 1.57. The highest BCUT2D eigenvalue weighted by Crippen LogP contribution is 2.68. The zero-order valence-electron chi connectivity index (χ0n) is 20.9. The van der Waals surface area contributed by atoms with E-state index in [0.29, 0.717) is 28.6 Å². The maximum Gasteiger partial charge on any atom is 0.0579 e. The maximum atomic E-state index is 11.3. The van der Waals surface area contributed by atoms with Gasteiger partial charge in [0.2, 0.25) is 0 Å². The van der Waals surface area contributed by atoms with Gasteiger partial charge in [-0.1, -0.05) is 91.5 Å². The Morgan fingerprint density at radius 3 is 2.50 bits per heavy atom. The average molecular weight is 413 g/mol. The number of hydrogen-bond acceptors (Lipinski definition) is 1. The second kappa shape index (κ2) is 7.79. The van der Waals surface area contributed by atoms with Crippen molar-refractivity contribution in [3.05, 3.63) is 23.8 Å². The van der Waals surface area contributed by atoms with Gasteiger partial charge in [0.1, 0.15) is 0 Å². The molecule has 0 aromatic rings. The summed E-state index contributed by atoms with van der Waals surface area (Å²) in [4.78, 5) is 0. The van der Waals surface area contributed by atoms with Crippen molar-refractivity contribution in [3.8, 4) is 0 Å². The smallest absolute Gasteiger partial charge is 0.0579 e. The van der Waals surface area contributed by atoms with Crippen molar-refractivity contribution in [2.75, 3.05) is 0 Å². The predicted molar refractivity (Wildman–Crippen MR) is 128 cm³/mol. The molecule has 0 spiro atoms. The third-order valence-corrected chi connectivity index (χ3v) is 10.4. The monoisotopic (exact) mass is 412 g/mol. The number of fused-ring (bicyclic) bond motifs is 5. The normalized spacial score (nSPS) is 45.5. The number of hydrogen-bond donors (Lipinski definition) is 1. The van der Waals surface area contributed by atoms with Crippen LogP contribution in [0.1, 0.15) is 99.8 Å². The molecule has 0 heterocycles. The van der Waals surface area contributed by atoms with Crippen LogP contribution < -0.4 is 0 Å². The summed E-state index contributed by atoms with van der Waals surface area (Å²) in [5.41, 5.74) is 2.58. The summed E-state index contributed by atoms with van der Waals surface area (Å²) < 4.78 is 0. The Kier molecular flexibility index (Phi) is 5.87. The molecule has 0 radical (unpaired) electrons. The zero-order valence-corrected chi connectivity index (χ0v) is 20.9. The predicted octanol–water partition coefficient (Wildman–Crippen LogP) is 7.80. The van der Waals surface area contributed by atoms with Crippen molar-refractivity contribution in [2.45, 2.75) is 106 Å². The molecule has 4 aliphatic rings. The minimum absolute atomic E-state index is 0.0892. The van der Waals surface area contributed by atoms with Gasteiger partial charge in [0, 0.05) is 5.41 Å². The standard InChI is InChI=1S/C29H48O/c1-19(2)10-8-11-20(3)26-24(30)18-23-21-12-13-25-27(4,5)15-9-16-28(25,6)22(21)14-17-29(23,26)7/h9,13,15,19-24,26,30H,8,10-12,14,16-18H2,1-7H3/t20-,21-,22+,23+,24+,26+,28-,29+/m1/s1. The average Bonchev–Trinajstić information content (AvgIpc) is 2.91. The van der Waals surface area contributed by atoms with Crippen LogP contribution in [-0.4, -0.2) is 11.2 Å². The maximum absolute atomic E-state index is 11.3. The van der Waals surface area contributed by atoms with Crippen LogP contribution in [0.2, 0.25) is 0 Å². The lowest BCUT2D eigenvalue weighted by atomic mass is 9.45. The second-order valence-electron chi connectivity index (χ2n) is 13.2. The van der Waals surface area contributed by atoms with E-state index in [1.54, 1.807) is 5.57 Å². The first-order valence-corrected chi connectivity index (χ1v) is 13.1. The van der Waals surface area contributed by atoms with Crippen LogP contribution in [0, 0.1) is 51.8 Å². The summed E-state index contributed by atoms with van der Waals surface area (Å²) in [6.07, 6.45) is 17.6. The van der Waals surface area contributed by atoms with Gasteiger partial charge < -0.3 is 5.11 Å². The van der Waals surface area contributed by atoms with E-state index in [1.807, 2.05) is 0 Å². The molecule has 170 valence electrons. The third kappa shape index (κ3) is 3.46. The molecule has 4 aliphatic carbocycles. The van der Waals surface area contributed by atoms with Crippen LogP contribution in [0.4, 0.5) is 0 Å². The number of rotatable bonds is 5. The molecule has 2 saturated carbocycles. The fraction of sp³-hybridized carbons (Fsp3) is 0.862. The summed E-state index contributed by atoms with van der Waals surface area (Å²) >= 11 is 0. The van der Waals surface area contributed by atoms with Gasteiger partial charge in [-0.2, -0.15) is 0 Å². The molecule has 0 unspecified atom stereocenters. The highest BCUT2D eigenvalue weighted by molar-refractivity contribution is 5.35. The van der Waals surface area contributed by atoms with Crippen LogP contribution in [0.25, 0.3) is 0 Å². The zero-order chi connectivity index (χ0) is 21.9. The lowest BCUT2D eigenvalue weighted by molar-refractivity contribution is -0.0542. The van der Waals surface area contributed by atoms with Crippen LogP contribution in [-0.2, 0) is 0 Å². The molecule has 0 aromatic carbocycles. The van der Waals surface area contributed by atoms with Gasteiger partial charge in [0.25, 0.3) is 0 Å². The Hall–Kier alpha value is -0.560. The highest BCUT2D eigenvalue weighted by Gasteiger charge is 2.62. The molecule has 1 heteroatoms. The van der Waals surface area contributed by atoms with Gasteiger partial charge in [-0.3, -0.25) is 0 Å². The molecule has 0 saturated heterocycles. The van der Waals surface area contributed by atoms with Crippen molar-refractivity contribution in [2.24, 2.45) is 51.8 Å². The van der Waals surface area contributed by atoms with Crippen LogP contribution in [0.5, 0.6) is 0 Å². The van der Waals surface area contributed by atoms with E-state index in [9.17, 15) is 5.11 Å². The van der Waals surface area contributed by atoms with Crippen molar-refractivity contribution in [1.29, 1.82) is 0 Å². The highest BCUT2D eigenvalue weighted by atomic mass is 16.3. The molecular formula is C29H48O. The van der Waals surface area contributed by atoms with Crippen molar-refractivity contribution >= 4 is 0 Å². The Morgan fingerprint density at radius 2 is 1.80 bits per heavy atom. The number of aliphatic hydroxyl groups is 1. The van der Waals surface area contributed by atoms with Crippen molar-refractivity contribution in [1.82, 2.24) is 0 Å². The lowest BCUT2D eigenvalue weighted by Crippen LogP contribution is -2.51. The van der Waals surface area contributed by atoms with Gasteiger partial charge in [-0.05, 0) is 78.4 Å². The SMILES string of the molecule is CC(C)CCC[C@@H](C)[C@H]1[C@@H](O)C[C@H]2[C@@H]3CC=C4C(C)(C)C=CC[C@]4(C)[C@H]3CC[C@]12C. The Morgan fingerprint density at radius 1 is 1.07 bits per heavy atom. The molecule has 0 amide bonds. The van der Waals surface area contributed by atoms with Crippen molar-refractivity contribution in [3.63, 3.8) is 0 Å². The molecule has 0 aliphatic heterocycles. The summed E-state index contributed by atoms with van der Waals surface area (Å²) in [6.45, 7) is 17.1. The largest absolute Gasteiger partial charge is 0.393 e. The first kappa shape index (κ1) is 22.6. The number of aliphatic hydroxyl groups excluding tert-OH is 1.